The third-order valence-electron chi connectivity index (χ3n) is 2.08. The van der Waals surface area contributed by atoms with Crippen LogP contribution in [0, 0.1) is 0 Å². The lowest BCUT2D eigenvalue weighted by Gasteiger charge is -2.05. The van der Waals surface area contributed by atoms with Gasteiger partial charge in [0.25, 0.3) is 5.91 Å². The van der Waals surface area contributed by atoms with Crippen molar-refractivity contribution in [2.24, 2.45) is 7.05 Å². The summed E-state index contributed by atoms with van der Waals surface area (Å²) in [7, 11) is 0.840. The Balaban J connectivity index is 2.44. The highest BCUT2D eigenvalue weighted by atomic mass is 32.2. The monoisotopic (exact) mass is 244 g/mol. The number of carbonyl (C=O) groups excluding carboxylic acids is 1. The highest BCUT2D eigenvalue weighted by Crippen LogP contribution is 2.08. The molecule has 0 aliphatic carbocycles. The van der Waals surface area contributed by atoms with Gasteiger partial charge in [-0.05, 0) is 6.42 Å². The first-order valence-electron chi connectivity index (χ1n) is 4.88. The number of nitrogens with one attached hydrogen (secondary N) is 1. The van der Waals surface area contributed by atoms with Gasteiger partial charge in [-0.2, -0.15) is 5.10 Å². The Bertz CT molecular complexity index is 383. The van der Waals surface area contributed by atoms with Crippen molar-refractivity contribution in [3.63, 3.8) is 0 Å². The van der Waals surface area contributed by atoms with Gasteiger partial charge in [0, 0.05) is 36.4 Å². The zero-order valence-electron chi connectivity index (χ0n) is 9.40. The highest BCUT2D eigenvalue weighted by molar-refractivity contribution is 7.84. The Morgan fingerprint density at radius 1 is 1.69 bits per heavy atom. The third kappa shape index (κ3) is 3.34. The first-order chi connectivity index (χ1) is 7.52. The van der Waals surface area contributed by atoms with E-state index < -0.39 is 10.8 Å². The summed E-state index contributed by atoms with van der Waals surface area (Å²) in [4.78, 5) is 11.7. The van der Waals surface area contributed by atoms with E-state index in [2.05, 4.69) is 10.4 Å². The highest BCUT2D eigenvalue weighted by Gasteiger charge is 2.13. The molecule has 0 saturated heterocycles. The normalized spacial score (nSPS) is 12.4. The summed E-state index contributed by atoms with van der Waals surface area (Å²) in [5.41, 5.74) is 6.32. The molecule has 1 aromatic rings. The lowest BCUT2D eigenvalue weighted by atomic mass is 10.3. The summed E-state index contributed by atoms with van der Waals surface area (Å²) < 4.78 is 12.2. The summed E-state index contributed by atoms with van der Waals surface area (Å²) in [5, 5.41) is 6.58. The maximum atomic E-state index is 11.7. The van der Waals surface area contributed by atoms with Crippen LogP contribution in [0.4, 0.5) is 5.69 Å². The summed E-state index contributed by atoms with van der Waals surface area (Å²) in [5.74, 6) is 0.334. The van der Waals surface area contributed by atoms with Crippen molar-refractivity contribution in [3.05, 3.63) is 11.9 Å². The Morgan fingerprint density at radius 3 is 2.88 bits per heavy atom. The van der Waals surface area contributed by atoms with Gasteiger partial charge in [-0.1, -0.05) is 0 Å². The van der Waals surface area contributed by atoms with Gasteiger partial charge in [0.05, 0.1) is 11.9 Å². The maximum Gasteiger partial charge on any atom is 0.271 e. The van der Waals surface area contributed by atoms with Crippen LogP contribution >= 0.6 is 0 Å². The molecule has 90 valence electrons. The average molecular weight is 244 g/mol. The molecule has 0 spiro atoms. The Hall–Kier alpha value is -1.37. The number of nitrogens with two attached hydrogens (primary N) is 1. The van der Waals surface area contributed by atoms with E-state index >= 15 is 0 Å². The molecule has 1 aromatic heterocycles. The second-order valence-electron chi connectivity index (χ2n) is 3.46. The molecular weight excluding hydrogens is 228 g/mol. The quantitative estimate of drug-likeness (QED) is 0.683. The molecule has 0 radical (unpaired) electrons. The van der Waals surface area contributed by atoms with Crippen LogP contribution in [0.15, 0.2) is 6.20 Å². The number of hydrogen-bond acceptors (Lipinski definition) is 4. The van der Waals surface area contributed by atoms with Gasteiger partial charge in [-0.15, -0.1) is 0 Å². The fourth-order valence-corrected chi connectivity index (χ4v) is 1.84. The molecule has 0 fully saturated rings. The third-order valence-corrected chi connectivity index (χ3v) is 2.94. The predicted molar refractivity (Wildman–Crippen MR) is 63.5 cm³/mol. The zero-order chi connectivity index (χ0) is 12.1. The van der Waals surface area contributed by atoms with E-state index in [1.807, 2.05) is 0 Å². The van der Waals surface area contributed by atoms with E-state index in [4.69, 9.17) is 5.73 Å². The lowest BCUT2D eigenvalue weighted by molar-refractivity contribution is 0.0945. The molecular formula is C9H16N4O2S. The predicted octanol–water partition coefficient (Wildman–Crippen LogP) is -0.499. The number of aromatic nitrogens is 2. The first kappa shape index (κ1) is 12.7. The van der Waals surface area contributed by atoms with Crippen LogP contribution in [0.3, 0.4) is 0 Å². The van der Waals surface area contributed by atoms with Gasteiger partial charge < -0.3 is 11.1 Å². The van der Waals surface area contributed by atoms with Crippen LogP contribution in [0.1, 0.15) is 16.9 Å². The number of nitrogen functional groups attached to an aromatic ring is 1. The van der Waals surface area contributed by atoms with Gasteiger partial charge in [-0.3, -0.25) is 13.7 Å². The van der Waals surface area contributed by atoms with E-state index in [1.165, 1.54) is 10.9 Å². The second-order valence-corrected chi connectivity index (χ2v) is 5.01. The van der Waals surface area contributed by atoms with Crippen molar-refractivity contribution in [2.75, 3.05) is 24.3 Å². The zero-order valence-corrected chi connectivity index (χ0v) is 10.2. The molecule has 7 heteroatoms. The van der Waals surface area contributed by atoms with Crippen LogP contribution in [0.25, 0.3) is 0 Å². The summed E-state index contributed by atoms with van der Waals surface area (Å²) >= 11 is 0. The lowest BCUT2D eigenvalue weighted by Crippen LogP contribution is -2.28. The number of anilines is 1. The van der Waals surface area contributed by atoms with Crippen LogP contribution in [-0.2, 0) is 17.8 Å². The average Bonchev–Trinajstić information content (AvgIpc) is 2.53. The molecule has 3 N–H and O–H groups in total. The summed E-state index contributed by atoms with van der Waals surface area (Å²) in [6.07, 6.45) is 3.77. The minimum Gasteiger partial charge on any atom is -0.396 e. The molecule has 1 rings (SSSR count). The minimum atomic E-state index is -0.819. The topological polar surface area (TPSA) is 90.0 Å². The van der Waals surface area contributed by atoms with Crippen LogP contribution in [0.2, 0.25) is 0 Å². The maximum absolute atomic E-state index is 11.7. The fraction of sp³-hybridized carbons (Fsp3) is 0.556. The van der Waals surface area contributed by atoms with E-state index in [-0.39, 0.29) is 5.91 Å². The Morgan fingerprint density at radius 2 is 2.38 bits per heavy atom. The molecule has 1 atom stereocenters. The van der Waals surface area contributed by atoms with Crippen LogP contribution in [0.5, 0.6) is 0 Å². The number of hydrogen-bond donors (Lipinski definition) is 2. The molecule has 0 aliphatic rings. The molecule has 1 heterocycles. The number of amides is 1. The van der Waals surface area contributed by atoms with Crippen molar-refractivity contribution in [1.29, 1.82) is 0 Å². The summed E-state index contributed by atoms with van der Waals surface area (Å²) in [6, 6.07) is 0. The number of rotatable bonds is 5. The molecule has 0 aliphatic heterocycles. The molecule has 0 bridgehead atoms. The van der Waals surface area contributed by atoms with E-state index in [0.717, 1.165) is 0 Å². The van der Waals surface area contributed by atoms with Gasteiger partial charge in [-0.25, -0.2) is 0 Å². The van der Waals surface area contributed by atoms with Gasteiger partial charge in [0.2, 0.25) is 0 Å². The minimum absolute atomic E-state index is 0.251. The van der Waals surface area contributed by atoms with E-state index in [9.17, 15) is 9.00 Å². The largest absolute Gasteiger partial charge is 0.396 e. The number of nitrogens with zero attached hydrogens (tertiary/aromatic N) is 2. The van der Waals surface area contributed by atoms with Crippen LogP contribution in [-0.4, -0.2) is 38.4 Å². The molecule has 0 aromatic carbocycles. The molecule has 0 saturated carbocycles. The van der Waals surface area contributed by atoms with Crippen molar-refractivity contribution >= 4 is 22.4 Å². The summed E-state index contributed by atoms with van der Waals surface area (Å²) in [6.45, 7) is 0.489. The Labute approximate surface area is 96.7 Å². The Kier molecular flexibility index (Phi) is 4.48. The van der Waals surface area contributed by atoms with E-state index in [0.29, 0.717) is 30.1 Å². The van der Waals surface area contributed by atoms with Gasteiger partial charge in [0.15, 0.2) is 0 Å². The SMILES string of the molecule is Cn1ncc(N)c1C(=O)NCCCS(C)=O. The molecule has 1 unspecified atom stereocenters. The smallest absolute Gasteiger partial charge is 0.271 e. The molecule has 1 amide bonds. The van der Waals surface area contributed by atoms with Gasteiger partial charge in [0.1, 0.15) is 5.69 Å². The molecule has 6 nitrogen and oxygen atoms in total. The van der Waals surface area contributed by atoms with Gasteiger partial charge >= 0.3 is 0 Å². The van der Waals surface area contributed by atoms with Crippen molar-refractivity contribution < 1.29 is 9.00 Å². The standard InChI is InChI=1S/C9H16N4O2S/c1-13-8(7(10)6-12-13)9(14)11-4-3-5-16(2)15/h6H,3-5,10H2,1-2H3,(H,11,14). The first-order valence-corrected chi connectivity index (χ1v) is 6.60. The van der Waals surface area contributed by atoms with E-state index in [1.54, 1.807) is 13.3 Å². The van der Waals surface area contributed by atoms with Crippen molar-refractivity contribution in [2.45, 2.75) is 6.42 Å². The van der Waals surface area contributed by atoms with Crippen LogP contribution < -0.4 is 11.1 Å². The number of carbonyl (C=O) groups is 1. The van der Waals surface area contributed by atoms with Crippen molar-refractivity contribution in [3.8, 4) is 0 Å². The fourth-order valence-electron chi connectivity index (χ4n) is 1.29. The van der Waals surface area contributed by atoms with Crippen molar-refractivity contribution in [1.82, 2.24) is 15.1 Å². The second kappa shape index (κ2) is 5.64. The number of aryl methyl sites for hydroxylation is 1. The molecule has 16 heavy (non-hydrogen) atoms.